The van der Waals surface area contributed by atoms with Crippen LogP contribution in [0.15, 0.2) is 24.3 Å². The van der Waals surface area contributed by atoms with Gasteiger partial charge in [-0.05, 0) is 33.9 Å². The van der Waals surface area contributed by atoms with E-state index < -0.39 is 0 Å². The number of carbonyl (C=O) groups is 2. The number of epoxide rings is 1. The van der Waals surface area contributed by atoms with Gasteiger partial charge in [0, 0.05) is 11.1 Å². The smallest absolute Gasteiger partial charge is 0.334 e. The minimum absolute atomic E-state index is 0.142. The molecule has 1 saturated heterocycles. The fraction of sp³-hybridized carbons (Fsp3) is 0.647. The van der Waals surface area contributed by atoms with Crippen LogP contribution in [0.4, 0.5) is 0 Å². The van der Waals surface area contributed by atoms with Gasteiger partial charge in [0.1, 0.15) is 12.7 Å². The van der Waals surface area contributed by atoms with Gasteiger partial charge in [-0.2, -0.15) is 0 Å². The molecule has 0 bridgehead atoms. The highest BCUT2D eigenvalue weighted by Gasteiger charge is 2.24. The van der Waals surface area contributed by atoms with E-state index in [1.165, 1.54) is 0 Å². The van der Waals surface area contributed by atoms with Crippen LogP contribution in [-0.4, -0.2) is 55.5 Å². The number of nitrogens with zero attached hydrogens (tertiary/aromatic N) is 1. The van der Waals surface area contributed by atoms with Gasteiger partial charge in [-0.1, -0.05) is 27.0 Å². The van der Waals surface area contributed by atoms with E-state index in [1.807, 2.05) is 20.8 Å². The third-order valence-electron chi connectivity index (χ3n) is 3.10. The number of hydrogen-bond donors (Lipinski definition) is 0. The second kappa shape index (κ2) is 11.0. The van der Waals surface area contributed by atoms with Gasteiger partial charge in [-0.3, -0.25) is 4.90 Å². The zero-order valence-corrected chi connectivity index (χ0v) is 14.9. The monoisotopic (exact) mass is 327 g/mol. The SMILES string of the molecule is C=C(C)C(=O)OC(C)N(CC)CC.C=C(C)C(=O)OCC1CO1. The van der Waals surface area contributed by atoms with Crippen LogP contribution < -0.4 is 0 Å². The van der Waals surface area contributed by atoms with Crippen molar-refractivity contribution in [1.29, 1.82) is 0 Å². The van der Waals surface area contributed by atoms with Crippen molar-refractivity contribution in [2.24, 2.45) is 0 Å². The fourth-order valence-electron chi connectivity index (χ4n) is 1.52. The molecule has 0 aromatic rings. The minimum atomic E-state index is -0.337. The van der Waals surface area contributed by atoms with Gasteiger partial charge in [0.05, 0.1) is 6.61 Å². The summed E-state index contributed by atoms with van der Waals surface area (Å²) < 4.78 is 14.7. The van der Waals surface area contributed by atoms with Crippen LogP contribution in [-0.2, 0) is 23.8 Å². The summed E-state index contributed by atoms with van der Waals surface area (Å²) in [4.78, 5) is 23.9. The predicted molar refractivity (Wildman–Crippen MR) is 88.8 cm³/mol. The number of rotatable bonds is 8. The molecule has 2 unspecified atom stereocenters. The Kier molecular flexibility index (Phi) is 10.2. The zero-order chi connectivity index (χ0) is 18.0. The van der Waals surface area contributed by atoms with E-state index in [1.54, 1.807) is 13.8 Å². The third kappa shape index (κ3) is 9.86. The summed E-state index contributed by atoms with van der Waals surface area (Å²) in [6.45, 7) is 19.0. The molecule has 1 heterocycles. The quantitative estimate of drug-likeness (QED) is 0.295. The molecule has 0 aromatic carbocycles. The van der Waals surface area contributed by atoms with Crippen molar-refractivity contribution in [2.75, 3.05) is 26.3 Å². The lowest BCUT2D eigenvalue weighted by atomic mass is 10.3. The normalized spacial score (nSPS) is 16.7. The molecule has 0 radical (unpaired) electrons. The largest absolute Gasteiger partial charge is 0.459 e. The van der Waals surface area contributed by atoms with Gasteiger partial charge >= 0.3 is 11.9 Å². The Morgan fingerprint density at radius 3 is 2.00 bits per heavy atom. The van der Waals surface area contributed by atoms with Gasteiger partial charge in [0.15, 0.2) is 6.23 Å². The molecule has 1 aliphatic rings. The van der Waals surface area contributed by atoms with Crippen molar-refractivity contribution in [2.45, 2.75) is 47.0 Å². The molecule has 1 fully saturated rings. The van der Waals surface area contributed by atoms with Crippen molar-refractivity contribution in [3.05, 3.63) is 24.3 Å². The van der Waals surface area contributed by atoms with Crippen molar-refractivity contribution in [3.8, 4) is 0 Å². The Labute approximate surface area is 139 Å². The summed E-state index contributed by atoms with van der Waals surface area (Å²) in [7, 11) is 0. The molecule has 0 N–H and O–H groups in total. The van der Waals surface area contributed by atoms with E-state index in [9.17, 15) is 9.59 Å². The van der Waals surface area contributed by atoms with Crippen LogP contribution in [0.2, 0.25) is 0 Å². The average Bonchev–Trinajstić information content (AvgIpc) is 3.30. The fourth-order valence-corrected chi connectivity index (χ4v) is 1.52. The zero-order valence-electron chi connectivity index (χ0n) is 14.9. The number of ether oxygens (including phenoxy) is 3. The minimum Gasteiger partial charge on any atom is -0.459 e. The molecule has 2 atom stereocenters. The summed E-state index contributed by atoms with van der Waals surface area (Å²) in [6.07, 6.45) is -0.0255. The van der Waals surface area contributed by atoms with E-state index in [0.717, 1.165) is 13.1 Å². The first-order valence-electron chi connectivity index (χ1n) is 7.77. The maximum atomic E-state index is 11.1. The van der Waals surface area contributed by atoms with Crippen LogP contribution in [0.5, 0.6) is 0 Å². The molecule has 6 heteroatoms. The summed E-state index contributed by atoms with van der Waals surface area (Å²) in [5.41, 5.74) is 0.875. The van der Waals surface area contributed by atoms with Gasteiger partial charge < -0.3 is 14.2 Å². The lowest BCUT2D eigenvalue weighted by Crippen LogP contribution is -2.36. The summed E-state index contributed by atoms with van der Waals surface area (Å²) in [5.74, 6) is -0.657. The highest BCUT2D eigenvalue weighted by Crippen LogP contribution is 2.09. The molecule has 1 aliphatic heterocycles. The highest BCUT2D eigenvalue weighted by molar-refractivity contribution is 5.87. The van der Waals surface area contributed by atoms with Crippen LogP contribution >= 0.6 is 0 Å². The molecule has 6 nitrogen and oxygen atoms in total. The van der Waals surface area contributed by atoms with E-state index in [2.05, 4.69) is 18.1 Å². The van der Waals surface area contributed by atoms with E-state index in [4.69, 9.17) is 14.2 Å². The van der Waals surface area contributed by atoms with E-state index in [-0.39, 0.29) is 24.3 Å². The van der Waals surface area contributed by atoms with E-state index in [0.29, 0.717) is 24.4 Å². The van der Waals surface area contributed by atoms with E-state index >= 15 is 0 Å². The lowest BCUT2D eigenvalue weighted by Gasteiger charge is -2.25. The first-order chi connectivity index (χ1) is 10.7. The Balaban J connectivity index is 0.000000433. The van der Waals surface area contributed by atoms with Crippen LogP contribution in [0.1, 0.15) is 34.6 Å². The summed E-state index contributed by atoms with van der Waals surface area (Å²) in [5, 5.41) is 0. The second-order valence-electron chi connectivity index (χ2n) is 5.34. The predicted octanol–water partition coefficient (Wildman–Crippen LogP) is 2.30. The van der Waals surface area contributed by atoms with Crippen LogP contribution in [0, 0.1) is 0 Å². The molecule has 0 aliphatic carbocycles. The van der Waals surface area contributed by atoms with Crippen molar-refractivity contribution in [1.82, 2.24) is 4.90 Å². The topological polar surface area (TPSA) is 68.4 Å². The van der Waals surface area contributed by atoms with Gasteiger partial charge in [0.2, 0.25) is 0 Å². The molecular formula is C17H29NO5. The second-order valence-corrected chi connectivity index (χ2v) is 5.34. The number of esters is 2. The summed E-state index contributed by atoms with van der Waals surface area (Å²) >= 11 is 0. The Morgan fingerprint density at radius 2 is 1.65 bits per heavy atom. The third-order valence-corrected chi connectivity index (χ3v) is 3.10. The molecule has 0 spiro atoms. The molecule has 132 valence electrons. The van der Waals surface area contributed by atoms with Gasteiger partial charge in [-0.25, -0.2) is 9.59 Å². The molecule has 0 saturated carbocycles. The number of carbonyl (C=O) groups excluding carboxylic acids is 2. The highest BCUT2D eigenvalue weighted by atomic mass is 16.6. The van der Waals surface area contributed by atoms with Gasteiger partial charge in [0.25, 0.3) is 0 Å². The maximum Gasteiger partial charge on any atom is 0.334 e. The molecule has 1 rings (SSSR count). The first kappa shape index (κ1) is 21.3. The lowest BCUT2D eigenvalue weighted by molar-refractivity contribution is -0.152. The maximum absolute atomic E-state index is 11.1. The van der Waals surface area contributed by atoms with Crippen LogP contribution in [0.25, 0.3) is 0 Å². The Bertz CT molecular complexity index is 425. The number of hydrogen-bond acceptors (Lipinski definition) is 6. The van der Waals surface area contributed by atoms with Crippen molar-refractivity contribution < 1.29 is 23.8 Å². The van der Waals surface area contributed by atoms with Crippen molar-refractivity contribution >= 4 is 11.9 Å². The average molecular weight is 327 g/mol. The molecule has 0 aromatic heterocycles. The first-order valence-corrected chi connectivity index (χ1v) is 7.77. The molecule has 0 amide bonds. The molecular weight excluding hydrogens is 298 g/mol. The van der Waals surface area contributed by atoms with Crippen molar-refractivity contribution in [3.63, 3.8) is 0 Å². The standard InChI is InChI=1S/C10H19NO2.C7H10O3/c1-6-11(7-2)9(5)13-10(12)8(3)4;1-5(2)7(8)10-4-6-3-9-6/h9H,3,6-7H2,1-2,4-5H3;6H,1,3-4H2,2H3. The Morgan fingerprint density at radius 1 is 1.17 bits per heavy atom. The van der Waals surface area contributed by atoms with Crippen LogP contribution in [0.3, 0.4) is 0 Å². The molecule has 23 heavy (non-hydrogen) atoms. The Hall–Kier alpha value is -1.66. The summed E-state index contributed by atoms with van der Waals surface area (Å²) in [6, 6.07) is 0. The van der Waals surface area contributed by atoms with Gasteiger partial charge in [-0.15, -0.1) is 0 Å².